The first-order valence-corrected chi connectivity index (χ1v) is 7.74. The Labute approximate surface area is 144 Å². The van der Waals surface area contributed by atoms with Gasteiger partial charge in [-0.3, -0.25) is 9.59 Å². The topological polar surface area (TPSA) is 84.2 Å². The van der Waals surface area contributed by atoms with E-state index in [2.05, 4.69) is 15.8 Å². The molecule has 6 heteroatoms. The van der Waals surface area contributed by atoms with Gasteiger partial charge in [-0.2, -0.15) is 0 Å². The summed E-state index contributed by atoms with van der Waals surface area (Å²) in [7, 11) is 1.57. The van der Waals surface area contributed by atoms with E-state index >= 15 is 0 Å². The zero-order chi connectivity index (χ0) is 17.8. The van der Waals surface area contributed by atoms with Crippen LogP contribution in [0.15, 0.2) is 59.3 Å². The van der Waals surface area contributed by atoms with E-state index in [1.807, 2.05) is 37.3 Å². The Morgan fingerprint density at radius 2 is 1.80 bits per heavy atom. The van der Waals surface area contributed by atoms with E-state index in [4.69, 9.17) is 4.52 Å². The quantitative estimate of drug-likeness (QED) is 0.766. The van der Waals surface area contributed by atoms with Gasteiger partial charge in [-0.05, 0) is 30.7 Å². The molecule has 126 valence electrons. The van der Waals surface area contributed by atoms with Crippen LogP contribution in [0.2, 0.25) is 0 Å². The number of nitrogens with one attached hydrogen (secondary N) is 2. The first-order chi connectivity index (χ1) is 12.1. The Bertz CT molecular complexity index is 917. The van der Waals surface area contributed by atoms with Crippen LogP contribution in [-0.2, 0) is 0 Å². The van der Waals surface area contributed by atoms with Gasteiger partial charge < -0.3 is 15.2 Å². The minimum absolute atomic E-state index is 0.175. The number of carbonyl (C=O) groups is 2. The number of anilines is 1. The Morgan fingerprint density at radius 1 is 1.04 bits per heavy atom. The smallest absolute Gasteiger partial charge is 0.261 e. The maximum atomic E-state index is 12.6. The van der Waals surface area contributed by atoms with Crippen LogP contribution >= 0.6 is 0 Å². The molecular weight excluding hydrogens is 318 g/mol. The Kier molecular flexibility index (Phi) is 4.61. The molecule has 0 radical (unpaired) electrons. The molecule has 2 aromatic carbocycles. The maximum absolute atomic E-state index is 12.6. The molecule has 1 aromatic heterocycles. The van der Waals surface area contributed by atoms with Gasteiger partial charge in [0.05, 0.1) is 6.20 Å². The van der Waals surface area contributed by atoms with E-state index in [9.17, 15) is 9.59 Å². The molecule has 1 heterocycles. The monoisotopic (exact) mass is 335 g/mol. The van der Waals surface area contributed by atoms with Crippen LogP contribution in [0.1, 0.15) is 26.3 Å². The van der Waals surface area contributed by atoms with Crippen molar-refractivity contribution in [2.75, 3.05) is 12.4 Å². The van der Waals surface area contributed by atoms with Crippen LogP contribution < -0.4 is 10.6 Å². The largest absolute Gasteiger partial charge is 0.355 e. The Balaban J connectivity index is 1.85. The summed E-state index contributed by atoms with van der Waals surface area (Å²) in [5.74, 6) is -0.0833. The number of hydrogen-bond acceptors (Lipinski definition) is 4. The summed E-state index contributed by atoms with van der Waals surface area (Å²) in [5, 5.41) is 9.15. The highest BCUT2D eigenvalue weighted by molar-refractivity contribution is 6.08. The number of aryl methyl sites for hydroxylation is 1. The summed E-state index contributed by atoms with van der Waals surface area (Å²) in [6, 6.07) is 14.4. The maximum Gasteiger partial charge on any atom is 0.261 e. The van der Waals surface area contributed by atoms with Crippen molar-refractivity contribution < 1.29 is 14.1 Å². The lowest BCUT2D eigenvalue weighted by Gasteiger charge is -2.09. The minimum Gasteiger partial charge on any atom is -0.355 e. The fourth-order valence-corrected chi connectivity index (χ4v) is 2.48. The molecule has 0 fully saturated rings. The van der Waals surface area contributed by atoms with Gasteiger partial charge in [-0.25, -0.2) is 0 Å². The van der Waals surface area contributed by atoms with Crippen molar-refractivity contribution >= 4 is 17.5 Å². The number of amides is 2. The van der Waals surface area contributed by atoms with Crippen molar-refractivity contribution in [3.8, 4) is 11.3 Å². The first-order valence-electron chi connectivity index (χ1n) is 7.74. The van der Waals surface area contributed by atoms with Crippen molar-refractivity contribution in [2.24, 2.45) is 0 Å². The van der Waals surface area contributed by atoms with Crippen molar-refractivity contribution in [2.45, 2.75) is 6.92 Å². The fourth-order valence-electron chi connectivity index (χ4n) is 2.48. The third kappa shape index (κ3) is 3.42. The van der Waals surface area contributed by atoms with Crippen molar-refractivity contribution in [1.82, 2.24) is 10.5 Å². The van der Waals surface area contributed by atoms with Crippen LogP contribution in [0.25, 0.3) is 11.3 Å². The summed E-state index contributed by atoms with van der Waals surface area (Å²) in [5.41, 5.74) is 3.07. The number of nitrogens with zero attached hydrogens (tertiary/aromatic N) is 1. The molecule has 3 aromatic rings. The van der Waals surface area contributed by atoms with Gasteiger partial charge in [0.15, 0.2) is 5.76 Å². The lowest BCUT2D eigenvalue weighted by atomic mass is 10.1. The molecule has 0 aliphatic carbocycles. The predicted molar refractivity (Wildman–Crippen MR) is 94.5 cm³/mol. The van der Waals surface area contributed by atoms with Gasteiger partial charge in [0.25, 0.3) is 11.8 Å². The van der Waals surface area contributed by atoms with E-state index in [0.717, 1.165) is 11.1 Å². The number of carbonyl (C=O) groups excluding carboxylic acids is 2. The van der Waals surface area contributed by atoms with Gasteiger partial charge in [-0.15, -0.1) is 0 Å². The van der Waals surface area contributed by atoms with Crippen LogP contribution in [-0.4, -0.2) is 24.0 Å². The summed E-state index contributed by atoms with van der Waals surface area (Å²) in [6.45, 7) is 1.83. The zero-order valence-electron chi connectivity index (χ0n) is 13.9. The molecule has 0 aliphatic rings. The summed E-state index contributed by atoms with van der Waals surface area (Å²) in [4.78, 5) is 24.3. The molecule has 6 nitrogen and oxygen atoms in total. The lowest BCUT2D eigenvalue weighted by Crippen LogP contribution is -2.18. The van der Waals surface area contributed by atoms with Gasteiger partial charge in [0.2, 0.25) is 0 Å². The highest BCUT2D eigenvalue weighted by atomic mass is 16.5. The van der Waals surface area contributed by atoms with Crippen LogP contribution in [0, 0.1) is 6.92 Å². The number of benzene rings is 2. The molecule has 0 aliphatic heterocycles. The fraction of sp³-hybridized carbons (Fsp3) is 0.105. The van der Waals surface area contributed by atoms with E-state index in [1.54, 1.807) is 25.2 Å². The summed E-state index contributed by atoms with van der Waals surface area (Å²) >= 11 is 0. The molecule has 3 rings (SSSR count). The second-order valence-electron chi connectivity index (χ2n) is 5.50. The van der Waals surface area contributed by atoms with Gasteiger partial charge in [0.1, 0.15) is 5.56 Å². The van der Waals surface area contributed by atoms with Gasteiger partial charge >= 0.3 is 0 Å². The minimum atomic E-state index is -0.323. The molecule has 0 bridgehead atoms. The van der Waals surface area contributed by atoms with E-state index < -0.39 is 0 Å². The Hall–Kier alpha value is -3.41. The van der Waals surface area contributed by atoms with Gasteiger partial charge in [-0.1, -0.05) is 35.5 Å². The SMILES string of the molecule is CNC(=O)c1ccc(NC(=O)c2cnoc2-c2ccccc2)c(C)c1. The second kappa shape index (κ2) is 7.00. The van der Waals surface area contributed by atoms with Crippen LogP contribution in [0.4, 0.5) is 5.69 Å². The standard InChI is InChI=1S/C19H17N3O3/c1-12-10-14(18(23)20-2)8-9-16(12)22-19(24)15-11-21-25-17(15)13-6-4-3-5-7-13/h3-11H,1-2H3,(H,20,23)(H,22,24). The van der Waals surface area contributed by atoms with Gasteiger partial charge in [0, 0.05) is 23.9 Å². The zero-order valence-corrected chi connectivity index (χ0v) is 13.9. The average Bonchev–Trinajstić information content (AvgIpc) is 3.13. The molecule has 2 N–H and O–H groups in total. The first kappa shape index (κ1) is 16.4. The molecule has 0 saturated carbocycles. The van der Waals surface area contributed by atoms with Crippen molar-refractivity contribution in [3.63, 3.8) is 0 Å². The predicted octanol–water partition coefficient (Wildman–Crippen LogP) is 3.26. The van der Waals surface area contributed by atoms with Crippen molar-refractivity contribution in [3.05, 3.63) is 71.4 Å². The second-order valence-corrected chi connectivity index (χ2v) is 5.50. The highest BCUT2D eigenvalue weighted by Gasteiger charge is 2.18. The summed E-state index contributed by atoms with van der Waals surface area (Å²) < 4.78 is 5.24. The molecule has 2 amide bonds. The molecular formula is C19H17N3O3. The molecule has 25 heavy (non-hydrogen) atoms. The third-order valence-electron chi connectivity index (χ3n) is 3.81. The van der Waals surface area contributed by atoms with E-state index in [1.165, 1.54) is 6.20 Å². The summed E-state index contributed by atoms with van der Waals surface area (Å²) in [6.07, 6.45) is 1.39. The Morgan fingerprint density at radius 3 is 2.48 bits per heavy atom. The van der Waals surface area contributed by atoms with Crippen LogP contribution in [0.3, 0.4) is 0 Å². The number of aromatic nitrogens is 1. The molecule has 0 saturated heterocycles. The number of rotatable bonds is 4. The lowest BCUT2D eigenvalue weighted by molar-refractivity contribution is 0.0962. The normalized spacial score (nSPS) is 10.3. The number of hydrogen-bond donors (Lipinski definition) is 2. The highest BCUT2D eigenvalue weighted by Crippen LogP contribution is 2.25. The molecule has 0 spiro atoms. The third-order valence-corrected chi connectivity index (χ3v) is 3.81. The van der Waals surface area contributed by atoms with Crippen molar-refractivity contribution in [1.29, 1.82) is 0 Å². The van der Waals surface area contributed by atoms with E-state index in [0.29, 0.717) is 22.6 Å². The molecule has 0 unspecified atom stereocenters. The van der Waals surface area contributed by atoms with E-state index in [-0.39, 0.29) is 11.8 Å². The molecule has 0 atom stereocenters. The van der Waals surface area contributed by atoms with Crippen LogP contribution in [0.5, 0.6) is 0 Å². The average molecular weight is 335 g/mol.